The largest absolute Gasteiger partial charge is 0.493 e. The van der Waals surface area contributed by atoms with Crippen LogP contribution in [-0.4, -0.2) is 51.7 Å². The third-order valence-corrected chi connectivity index (χ3v) is 8.05. The summed E-state index contributed by atoms with van der Waals surface area (Å²) in [7, 11) is -0.246. The number of nitrogens with one attached hydrogen (secondary N) is 1. The molecular weight excluding hydrogens is 440 g/mol. The highest BCUT2D eigenvalue weighted by molar-refractivity contribution is 7.89. The summed E-state index contributed by atoms with van der Waals surface area (Å²) in [4.78, 5) is 12.9. The first kappa shape index (κ1) is 25.1. The van der Waals surface area contributed by atoms with Crippen molar-refractivity contribution in [3.8, 4) is 11.5 Å². The second kappa shape index (κ2) is 11.5. The first-order chi connectivity index (χ1) is 15.8. The van der Waals surface area contributed by atoms with Crippen molar-refractivity contribution in [1.82, 2.24) is 9.62 Å². The number of sulfonamides is 1. The second-order valence-electron chi connectivity index (χ2n) is 8.45. The number of hydrogen-bond donors (Lipinski definition) is 1. The molecule has 8 heteroatoms. The molecule has 7 nitrogen and oxygen atoms in total. The summed E-state index contributed by atoms with van der Waals surface area (Å²) < 4.78 is 37.9. The van der Waals surface area contributed by atoms with Gasteiger partial charge in [0.15, 0.2) is 11.5 Å². The summed E-state index contributed by atoms with van der Waals surface area (Å²) >= 11 is 0. The van der Waals surface area contributed by atoms with E-state index in [9.17, 15) is 13.2 Å². The number of ether oxygens (including phenoxy) is 2. The van der Waals surface area contributed by atoms with Gasteiger partial charge in [0.1, 0.15) is 0 Å². The molecule has 0 bridgehead atoms. The van der Waals surface area contributed by atoms with Gasteiger partial charge < -0.3 is 14.8 Å². The summed E-state index contributed by atoms with van der Waals surface area (Å²) in [6, 6.07) is 15.2. The Labute approximate surface area is 197 Å². The maximum Gasteiger partial charge on any atom is 0.224 e. The van der Waals surface area contributed by atoms with Crippen LogP contribution in [0, 0.1) is 5.92 Å². The number of aryl methyl sites for hydroxylation is 1. The highest BCUT2D eigenvalue weighted by Gasteiger charge is 2.32. The molecule has 33 heavy (non-hydrogen) atoms. The standard InChI is InChI=1S/C25H34N2O5S/c1-19(21-13-14-23(31-2)24(17-21)32-3)26-25(28)22-12-7-15-27(18-22)33(29,30)16-8-11-20-9-5-4-6-10-20/h4-6,9-10,13-14,17,19,22H,7-8,11-12,15-16,18H2,1-3H3,(H,26,28)/t19-,22-/m1/s1. The topological polar surface area (TPSA) is 84.9 Å². The molecule has 3 rings (SSSR count). The van der Waals surface area contributed by atoms with Crippen LogP contribution in [0.2, 0.25) is 0 Å². The summed E-state index contributed by atoms with van der Waals surface area (Å²) in [5.41, 5.74) is 2.02. The Morgan fingerprint density at radius 2 is 1.85 bits per heavy atom. The molecule has 2 atom stereocenters. The quantitative estimate of drug-likeness (QED) is 0.569. The summed E-state index contributed by atoms with van der Waals surface area (Å²) in [5.74, 6) is 0.839. The number of hydrogen-bond acceptors (Lipinski definition) is 5. The van der Waals surface area contributed by atoms with Crippen molar-refractivity contribution in [2.75, 3.05) is 33.1 Å². The molecule has 0 saturated carbocycles. The first-order valence-corrected chi connectivity index (χ1v) is 13.0. The lowest BCUT2D eigenvalue weighted by molar-refractivity contribution is -0.126. The highest BCUT2D eigenvalue weighted by atomic mass is 32.2. The van der Waals surface area contributed by atoms with Gasteiger partial charge in [-0.05, 0) is 55.9 Å². The van der Waals surface area contributed by atoms with E-state index < -0.39 is 10.0 Å². The van der Waals surface area contributed by atoms with Gasteiger partial charge >= 0.3 is 0 Å². The molecule has 1 fully saturated rings. The molecule has 0 radical (unpaired) electrons. The van der Waals surface area contributed by atoms with E-state index >= 15 is 0 Å². The number of amides is 1. The van der Waals surface area contributed by atoms with Crippen molar-refractivity contribution in [3.05, 3.63) is 59.7 Å². The van der Waals surface area contributed by atoms with Gasteiger partial charge in [-0.1, -0.05) is 36.4 Å². The molecule has 1 amide bonds. The number of nitrogens with zero attached hydrogens (tertiary/aromatic N) is 1. The predicted octanol–water partition coefficient (Wildman–Crippen LogP) is 3.56. The van der Waals surface area contributed by atoms with Crippen LogP contribution in [0.25, 0.3) is 0 Å². The molecule has 2 aromatic rings. The molecule has 2 aromatic carbocycles. The average molecular weight is 475 g/mol. The lowest BCUT2D eigenvalue weighted by Gasteiger charge is -2.32. The molecular formula is C25H34N2O5S. The van der Waals surface area contributed by atoms with Crippen molar-refractivity contribution in [1.29, 1.82) is 0 Å². The second-order valence-corrected chi connectivity index (χ2v) is 10.5. The lowest BCUT2D eigenvalue weighted by atomic mass is 9.98. The number of piperidine rings is 1. The molecule has 0 aromatic heterocycles. The van der Waals surface area contributed by atoms with Gasteiger partial charge in [0.2, 0.25) is 15.9 Å². The average Bonchev–Trinajstić information content (AvgIpc) is 2.84. The Hall–Kier alpha value is -2.58. The Morgan fingerprint density at radius 3 is 2.55 bits per heavy atom. The van der Waals surface area contributed by atoms with Gasteiger partial charge in [-0.25, -0.2) is 12.7 Å². The van der Waals surface area contributed by atoms with Gasteiger partial charge in [0, 0.05) is 13.1 Å². The van der Waals surface area contributed by atoms with E-state index in [0.29, 0.717) is 37.3 Å². The number of carbonyl (C=O) groups is 1. The van der Waals surface area contributed by atoms with E-state index in [-0.39, 0.29) is 30.2 Å². The molecule has 1 saturated heterocycles. The summed E-state index contributed by atoms with van der Waals surface area (Å²) in [5, 5.41) is 3.03. The van der Waals surface area contributed by atoms with Crippen LogP contribution >= 0.6 is 0 Å². The van der Waals surface area contributed by atoms with E-state index in [2.05, 4.69) is 5.32 Å². The molecule has 0 aliphatic carbocycles. The van der Waals surface area contributed by atoms with E-state index in [0.717, 1.165) is 17.5 Å². The normalized spacial score (nSPS) is 17.8. The fraction of sp³-hybridized carbons (Fsp3) is 0.480. The molecule has 1 heterocycles. The van der Waals surface area contributed by atoms with Crippen LogP contribution in [0.5, 0.6) is 11.5 Å². The molecule has 0 spiro atoms. The van der Waals surface area contributed by atoms with Crippen molar-refractivity contribution in [3.63, 3.8) is 0 Å². The van der Waals surface area contributed by atoms with Crippen LogP contribution < -0.4 is 14.8 Å². The predicted molar refractivity (Wildman–Crippen MR) is 129 cm³/mol. The Morgan fingerprint density at radius 1 is 1.12 bits per heavy atom. The summed E-state index contributed by atoms with van der Waals surface area (Å²) in [6.07, 6.45) is 2.65. The van der Waals surface area contributed by atoms with Gasteiger partial charge in [-0.3, -0.25) is 4.79 Å². The van der Waals surface area contributed by atoms with E-state index in [1.165, 1.54) is 4.31 Å². The summed E-state index contributed by atoms with van der Waals surface area (Å²) in [6.45, 7) is 2.61. The van der Waals surface area contributed by atoms with E-state index in [1.807, 2.05) is 49.4 Å². The van der Waals surface area contributed by atoms with Crippen LogP contribution in [-0.2, 0) is 21.2 Å². The van der Waals surface area contributed by atoms with Gasteiger partial charge in [0.25, 0.3) is 0 Å². The molecule has 180 valence electrons. The third kappa shape index (κ3) is 6.71. The fourth-order valence-electron chi connectivity index (χ4n) is 4.18. The van der Waals surface area contributed by atoms with Crippen molar-refractivity contribution in [2.24, 2.45) is 5.92 Å². The molecule has 1 N–H and O–H groups in total. The number of methoxy groups -OCH3 is 2. The van der Waals surface area contributed by atoms with E-state index in [4.69, 9.17) is 9.47 Å². The number of carbonyl (C=O) groups excluding carboxylic acids is 1. The highest BCUT2D eigenvalue weighted by Crippen LogP contribution is 2.30. The molecule has 1 aliphatic heterocycles. The minimum absolute atomic E-state index is 0.0955. The number of rotatable bonds is 10. The third-order valence-electron chi connectivity index (χ3n) is 6.13. The number of benzene rings is 2. The van der Waals surface area contributed by atoms with Crippen molar-refractivity contribution in [2.45, 2.75) is 38.6 Å². The van der Waals surface area contributed by atoms with Gasteiger partial charge in [-0.15, -0.1) is 0 Å². The Bertz CT molecular complexity index is 1030. The maximum absolute atomic E-state index is 12.9. The minimum Gasteiger partial charge on any atom is -0.493 e. The van der Waals surface area contributed by atoms with Crippen LogP contribution in [0.1, 0.15) is 43.4 Å². The molecule has 0 unspecified atom stereocenters. The Balaban J connectivity index is 1.56. The fourth-order valence-corrected chi connectivity index (χ4v) is 5.76. The lowest BCUT2D eigenvalue weighted by Crippen LogP contribution is -2.46. The maximum atomic E-state index is 12.9. The van der Waals surface area contributed by atoms with Crippen LogP contribution in [0.15, 0.2) is 48.5 Å². The zero-order valence-corrected chi connectivity index (χ0v) is 20.4. The van der Waals surface area contributed by atoms with Crippen molar-refractivity contribution >= 4 is 15.9 Å². The van der Waals surface area contributed by atoms with Gasteiger partial charge in [-0.2, -0.15) is 0 Å². The van der Waals surface area contributed by atoms with Crippen LogP contribution in [0.3, 0.4) is 0 Å². The first-order valence-electron chi connectivity index (χ1n) is 11.4. The van der Waals surface area contributed by atoms with Gasteiger partial charge in [0.05, 0.1) is 31.9 Å². The zero-order chi connectivity index (χ0) is 23.8. The van der Waals surface area contributed by atoms with Crippen LogP contribution in [0.4, 0.5) is 0 Å². The SMILES string of the molecule is COc1ccc([C@@H](C)NC(=O)[C@@H]2CCCN(S(=O)(=O)CCCc3ccccc3)C2)cc1OC. The Kier molecular flexibility index (Phi) is 8.74. The zero-order valence-electron chi connectivity index (χ0n) is 19.6. The smallest absolute Gasteiger partial charge is 0.224 e. The minimum atomic E-state index is -3.39. The molecule has 1 aliphatic rings. The monoisotopic (exact) mass is 474 g/mol. The van der Waals surface area contributed by atoms with E-state index in [1.54, 1.807) is 20.3 Å². The van der Waals surface area contributed by atoms with Crippen molar-refractivity contribution < 1.29 is 22.7 Å².